The number of piperidine rings is 1. The van der Waals surface area contributed by atoms with Gasteiger partial charge in [0.25, 0.3) is 0 Å². The molecule has 0 unspecified atom stereocenters. The van der Waals surface area contributed by atoms with Gasteiger partial charge in [0.2, 0.25) is 0 Å². The van der Waals surface area contributed by atoms with Crippen molar-refractivity contribution in [1.82, 2.24) is 15.1 Å². The molecule has 2 N–H and O–H groups in total. The number of halogens is 1. The van der Waals surface area contributed by atoms with Gasteiger partial charge < -0.3 is 20.2 Å². The Morgan fingerprint density at radius 3 is 2.32 bits per heavy atom. The molecule has 0 spiro atoms. The lowest BCUT2D eigenvalue weighted by atomic mass is 9.88. The smallest absolute Gasteiger partial charge is 0.320 e. The highest BCUT2D eigenvalue weighted by Crippen LogP contribution is 2.34. The van der Waals surface area contributed by atoms with Gasteiger partial charge in [-0.25, -0.2) is 4.79 Å². The van der Waals surface area contributed by atoms with Gasteiger partial charge in [0.1, 0.15) is 0 Å². The summed E-state index contributed by atoms with van der Waals surface area (Å²) in [5, 5.41) is 15.6. The zero-order valence-electron chi connectivity index (χ0n) is 21.3. The maximum absolute atomic E-state index is 13.4. The highest BCUT2D eigenvalue weighted by atomic mass is 35.5. The molecule has 2 fully saturated rings. The number of carboxylic acid groups (broad SMARTS) is 1. The molecule has 3 aromatic rings. The van der Waals surface area contributed by atoms with Gasteiger partial charge in [-0.1, -0.05) is 72.8 Å². The Labute approximate surface area is 225 Å². The van der Waals surface area contributed by atoms with Gasteiger partial charge in [0.15, 0.2) is 0 Å². The van der Waals surface area contributed by atoms with Gasteiger partial charge >= 0.3 is 12.0 Å². The fourth-order valence-corrected chi connectivity index (χ4v) is 5.90. The number of carboxylic acids is 1. The summed E-state index contributed by atoms with van der Waals surface area (Å²) in [5.74, 6) is -0.527. The van der Waals surface area contributed by atoms with E-state index in [0.717, 1.165) is 6.54 Å². The van der Waals surface area contributed by atoms with Crippen LogP contribution >= 0.6 is 12.4 Å². The summed E-state index contributed by atoms with van der Waals surface area (Å²) in [7, 11) is 0. The third-order valence-corrected chi connectivity index (χ3v) is 8.03. The summed E-state index contributed by atoms with van der Waals surface area (Å²) >= 11 is 0. The molecular formula is C30H36ClN3O3. The first-order valence-electron chi connectivity index (χ1n) is 13.0. The van der Waals surface area contributed by atoms with E-state index >= 15 is 0 Å². The number of rotatable bonds is 6. The Bertz CT molecular complexity index is 1210. The molecule has 196 valence electrons. The average molecular weight is 522 g/mol. The molecule has 2 aliphatic heterocycles. The number of benzene rings is 3. The molecule has 0 aliphatic carbocycles. The Balaban J connectivity index is 0.00000320. The predicted molar refractivity (Wildman–Crippen MR) is 149 cm³/mol. The Morgan fingerprint density at radius 2 is 1.59 bits per heavy atom. The van der Waals surface area contributed by atoms with E-state index in [1.807, 2.05) is 15.9 Å². The van der Waals surface area contributed by atoms with Crippen molar-refractivity contribution in [2.45, 2.75) is 31.7 Å². The monoisotopic (exact) mass is 521 g/mol. The third-order valence-electron chi connectivity index (χ3n) is 8.03. The number of aliphatic carboxylic acids is 1. The molecule has 0 saturated carbocycles. The number of likely N-dealkylation sites (tertiary alicyclic amines) is 2. The van der Waals surface area contributed by atoms with E-state index in [4.69, 9.17) is 0 Å². The normalized spacial score (nSPS) is 21.0. The molecular weight excluding hydrogens is 486 g/mol. The molecule has 6 nitrogen and oxygen atoms in total. The van der Waals surface area contributed by atoms with Gasteiger partial charge in [-0.15, -0.1) is 12.4 Å². The molecule has 0 bridgehead atoms. The number of carbonyl (C=O) groups excluding carboxylic acids is 1. The van der Waals surface area contributed by atoms with Crippen molar-refractivity contribution in [2.75, 3.05) is 32.7 Å². The highest BCUT2D eigenvalue weighted by Gasteiger charge is 2.38. The quantitative estimate of drug-likeness (QED) is 0.446. The Morgan fingerprint density at radius 1 is 0.919 bits per heavy atom. The summed E-state index contributed by atoms with van der Waals surface area (Å²) in [6, 6.07) is 25.7. The molecule has 3 atom stereocenters. The fourth-order valence-electron chi connectivity index (χ4n) is 5.90. The first-order valence-corrected chi connectivity index (χ1v) is 13.0. The van der Waals surface area contributed by atoms with Crippen LogP contribution in [0.1, 0.15) is 42.9 Å². The van der Waals surface area contributed by atoms with Crippen LogP contribution < -0.4 is 5.32 Å². The second-order valence-electron chi connectivity index (χ2n) is 10.3. The SMILES string of the molecule is C[C@@H](NC[C@H]1CN(C(=O)N2CCC(C(=O)O)CC2)C[C@@H]1c1ccccc1)c1cccc2ccccc12.Cl. The van der Waals surface area contributed by atoms with Crippen molar-refractivity contribution in [2.24, 2.45) is 11.8 Å². The molecule has 2 heterocycles. The van der Waals surface area contributed by atoms with E-state index in [1.54, 1.807) is 0 Å². The largest absolute Gasteiger partial charge is 0.481 e. The van der Waals surface area contributed by atoms with Gasteiger partial charge in [0.05, 0.1) is 5.92 Å². The first kappa shape index (κ1) is 27.0. The maximum atomic E-state index is 13.4. The number of fused-ring (bicyclic) bond motifs is 1. The number of nitrogens with one attached hydrogen (secondary N) is 1. The molecule has 2 saturated heterocycles. The number of hydrogen-bond donors (Lipinski definition) is 2. The van der Waals surface area contributed by atoms with Crippen LogP contribution in [0.3, 0.4) is 0 Å². The molecule has 2 aliphatic rings. The number of nitrogens with zero attached hydrogens (tertiary/aromatic N) is 2. The zero-order chi connectivity index (χ0) is 25.1. The number of carbonyl (C=O) groups is 2. The summed E-state index contributed by atoms with van der Waals surface area (Å²) in [5.41, 5.74) is 2.55. The van der Waals surface area contributed by atoms with Crippen LogP contribution in [-0.4, -0.2) is 59.6 Å². The van der Waals surface area contributed by atoms with Crippen LogP contribution in [0.15, 0.2) is 72.8 Å². The van der Waals surface area contributed by atoms with E-state index < -0.39 is 5.97 Å². The molecule has 37 heavy (non-hydrogen) atoms. The summed E-state index contributed by atoms with van der Waals surface area (Å²) in [6.45, 7) is 5.45. The average Bonchev–Trinajstić information content (AvgIpc) is 3.36. The second-order valence-corrected chi connectivity index (χ2v) is 10.3. The Kier molecular flexibility index (Phi) is 8.72. The van der Waals surface area contributed by atoms with Crippen LogP contribution in [0.5, 0.6) is 0 Å². The van der Waals surface area contributed by atoms with Crippen LogP contribution in [-0.2, 0) is 4.79 Å². The second kappa shape index (κ2) is 12.0. The zero-order valence-corrected chi connectivity index (χ0v) is 22.1. The first-order chi connectivity index (χ1) is 17.5. The van der Waals surface area contributed by atoms with Crippen molar-refractivity contribution in [1.29, 1.82) is 0 Å². The van der Waals surface area contributed by atoms with E-state index in [1.165, 1.54) is 21.9 Å². The van der Waals surface area contributed by atoms with Crippen LogP contribution in [0.4, 0.5) is 4.79 Å². The van der Waals surface area contributed by atoms with Gasteiger partial charge in [-0.2, -0.15) is 0 Å². The van der Waals surface area contributed by atoms with Crippen molar-refractivity contribution >= 4 is 35.2 Å². The summed E-state index contributed by atoms with van der Waals surface area (Å²) < 4.78 is 0. The minimum atomic E-state index is -0.751. The topological polar surface area (TPSA) is 72.9 Å². The lowest BCUT2D eigenvalue weighted by molar-refractivity contribution is -0.143. The molecule has 2 amide bonds. The summed E-state index contributed by atoms with van der Waals surface area (Å²) in [4.78, 5) is 28.5. The molecule has 7 heteroatoms. The molecule has 0 aromatic heterocycles. The standard InChI is InChI=1S/C30H35N3O3.ClH/c1-21(26-13-7-11-22-10-5-6-12-27(22)26)31-18-25-19-33(20-28(25)23-8-3-2-4-9-23)30(36)32-16-14-24(15-17-32)29(34)35;/h2-13,21,24-25,28,31H,14-20H2,1H3,(H,34,35);1H/t21-,25+,28-;/m1./s1. The van der Waals surface area contributed by atoms with Crippen molar-refractivity contribution in [3.8, 4) is 0 Å². The van der Waals surface area contributed by atoms with E-state index in [-0.39, 0.29) is 36.3 Å². The van der Waals surface area contributed by atoms with E-state index in [0.29, 0.717) is 44.9 Å². The van der Waals surface area contributed by atoms with Crippen molar-refractivity contribution < 1.29 is 14.7 Å². The van der Waals surface area contributed by atoms with Crippen LogP contribution in [0.2, 0.25) is 0 Å². The highest BCUT2D eigenvalue weighted by molar-refractivity contribution is 5.86. The minimum Gasteiger partial charge on any atom is -0.481 e. The predicted octanol–water partition coefficient (Wildman–Crippen LogP) is 5.54. The fraction of sp³-hybridized carbons (Fsp3) is 0.400. The van der Waals surface area contributed by atoms with Gasteiger partial charge in [-0.05, 0) is 47.6 Å². The Hall–Kier alpha value is -3.09. The van der Waals surface area contributed by atoms with Crippen LogP contribution in [0, 0.1) is 11.8 Å². The van der Waals surface area contributed by atoms with E-state index in [9.17, 15) is 14.7 Å². The maximum Gasteiger partial charge on any atom is 0.320 e. The van der Waals surface area contributed by atoms with Crippen molar-refractivity contribution in [3.63, 3.8) is 0 Å². The number of urea groups is 1. The van der Waals surface area contributed by atoms with Crippen LogP contribution in [0.25, 0.3) is 10.8 Å². The lowest BCUT2D eigenvalue weighted by Crippen LogP contribution is -2.47. The van der Waals surface area contributed by atoms with Gasteiger partial charge in [-0.3, -0.25) is 4.79 Å². The lowest BCUT2D eigenvalue weighted by Gasteiger charge is -2.33. The number of amides is 2. The van der Waals surface area contributed by atoms with E-state index in [2.05, 4.69) is 79.0 Å². The van der Waals surface area contributed by atoms with Gasteiger partial charge in [0, 0.05) is 44.7 Å². The molecule has 3 aromatic carbocycles. The summed E-state index contributed by atoms with van der Waals surface area (Å²) in [6.07, 6.45) is 1.06. The minimum absolute atomic E-state index is 0. The molecule has 5 rings (SSSR count). The third kappa shape index (κ3) is 5.91. The molecule has 0 radical (unpaired) electrons. The number of hydrogen-bond acceptors (Lipinski definition) is 3. The van der Waals surface area contributed by atoms with Crippen molar-refractivity contribution in [3.05, 3.63) is 83.9 Å².